The van der Waals surface area contributed by atoms with Crippen LogP contribution in [-0.4, -0.2) is 0 Å². The molecular weight excluding hydrogens is 86.1 g/mol. The first-order chi connectivity index (χ1) is 3.12. The third-order valence-electron chi connectivity index (χ3n) is 0.798. The van der Waals surface area contributed by atoms with E-state index in [0.717, 1.165) is 0 Å². The van der Waals surface area contributed by atoms with E-state index in [9.17, 15) is 0 Å². The van der Waals surface area contributed by atoms with Crippen molar-refractivity contribution in [3.05, 3.63) is 12.7 Å². The number of allylic oxidation sites excluding steroid dienone is 1. The van der Waals surface area contributed by atoms with Crippen LogP contribution in [0, 0.1) is 16.7 Å². The molecule has 0 saturated carbocycles. The Hall–Kier alpha value is -0.770. The van der Waals surface area contributed by atoms with E-state index in [2.05, 4.69) is 12.6 Å². The predicted molar refractivity (Wildman–Crippen MR) is 29.6 cm³/mol. The first-order valence-electron chi connectivity index (χ1n) is 2.17. The Kier molecular flexibility index (Phi) is 1.59. The number of nitrogens with zero attached hydrogens (tertiary/aromatic N) is 1. The van der Waals surface area contributed by atoms with Crippen LogP contribution in [0.5, 0.6) is 0 Å². The minimum Gasteiger partial charge on any atom is -0.197 e. The summed E-state index contributed by atoms with van der Waals surface area (Å²) in [5.41, 5.74) is -0.347. The van der Waals surface area contributed by atoms with Crippen LogP contribution < -0.4 is 0 Å². The van der Waals surface area contributed by atoms with E-state index in [-0.39, 0.29) is 5.41 Å². The van der Waals surface area contributed by atoms with E-state index in [1.165, 1.54) is 0 Å². The standard InChI is InChI=1S/C6H9N/c1-4-6(2,3)5-7/h4H,1H2,2-3H3. The lowest BCUT2D eigenvalue weighted by atomic mass is 9.97. The Morgan fingerprint density at radius 2 is 2.14 bits per heavy atom. The zero-order valence-electron chi connectivity index (χ0n) is 4.73. The molecule has 1 nitrogen and oxygen atoms in total. The highest BCUT2D eigenvalue weighted by molar-refractivity contribution is 5.03. The molecule has 0 aliphatic carbocycles. The third-order valence-corrected chi connectivity index (χ3v) is 0.798. The highest BCUT2D eigenvalue weighted by Gasteiger charge is 2.08. The van der Waals surface area contributed by atoms with Gasteiger partial charge in [-0.3, -0.25) is 0 Å². The summed E-state index contributed by atoms with van der Waals surface area (Å²) in [7, 11) is 0. The van der Waals surface area contributed by atoms with Crippen LogP contribution in [-0.2, 0) is 0 Å². The second-order valence-corrected chi connectivity index (χ2v) is 2.04. The minimum absolute atomic E-state index is 0.347. The summed E-state index contributed by atoms with van der Waals surface area (Å²) in [6, 6.07) is 2.07. The van der Waals surface area contributed by atoms with Gasteiger partial charge in [0.25, 0.3) is 0 Å². The molecule has 0 atom stereocenters. The zero-order chi connectivity index (χ0) is 5.91. The van der Waals surface area contributed by atoms with Crippen molar-refractivity contribution >= 4 is 0 Å². The van der Waals surface area contributed by atoms with Crippen LogP contribution >= 0.6 is 0 Å². The quantitative estimate of drug-likeness (QED) is 0.455. The molecule has 0 saturated heterocycles. The molecule has 0 unspecified atom stereocenters. The molecule has 0 heterocycles. The fraction of sp³-hybridized carbons (Fsp3) is 0.500. The first kappa shape index (κ1) is 6.23. The molecule has 0 amide bonds. The van der Waals surface area contributed by atoms with E-state index in [0.29, 0.717) is 0 Å². The largest absolute Gasteiger partial charge is 0.197 e. The Morgan fingerprint density at radius 1 is 1.71 bits per heavy atom. The molecule has 0 radical (unpaired) electrons. The molecule has 0 N–H and O–H groups in total. The van der Waals surface area contributed by atoms with Crippen molar-refractivity contribution in [3.8, 4) is 6.07 Å². The van der Waals surface area contributed by atoms with Gasteiger partial charge in [0.2, 0.25) is 0 Å². The molecule has 0 bridgehead atoms. The van der Waals surface area contributed by atoms with Crippen molar-refractivity contribution in [1.29, 1.82) is 5.26 Å². The fourth-order valence-electron chi connectivity index (χ4n) is 0.0456. The Labute approximate surface area is 44.3 Å². The molecular formula is C6H9N. The summed E-state index contributed by atoms with van der Waals surface area (Å²) in [5, 5.41) is 8.27. The van der Waals surface area contributed by atoms with E-state index in [4.69, 9.17) is 5.26 Å². The smallest absolute Gasteiger partial charge is 0.0725 e. The van der Waals surface area contributed by atoms with E-state index < -0.39 is 0 Å². The molecule has 0 spiro atoms. The van der Waals surface area contributed by atoms with Crippen LogP contribution in [0.3, 0.4) is 0 Å². The maximum absolute atomic E-state index is 8.27. The lowest BCUT2D eigenvalue weighted by Crippen LogP contribution is -2.00. The highest BCUT2D eigenvalue weighted by Crippen LogP contribution is 2.12. The van der Waals surface area contributed by atoms with Crippen molar-refractivity contribution in [2.45, 2.75) is 13.8 Å². The SMILES string of the molecule is C=CC(C)(C)C#N. The molecule has 0 aliphatic heterocycles. The number of nitriles is 1. The van der Waals surface area contributed by atoms with Gasteiger partial charge in [0.05, 0.1) is 11.5 Å². The van der Waals surface area contributed by atoms with Crippen LogP contribution in [0.4, 0.5) is 0 Å². The molecule has 0 aromatic heterocycles. The molecule has 0 aliphatic rings. The van der Waals surface area contributed by atoms with Gasteiger partial charge in [-0.05, 0) is 13.8 Å². The molecule has 0 rings (SSSR count). The molecule has 38 valence electrons. The second kappa shape index (κ2) is 1.79. The first-order valence-corrected chi connectivity index (χ1v) is 2.17. The highest BCUT2D eigenvalue weighted by atomic mass is 14.3. The summed E-state index contributed by atoms with van der Waals surface area (Å²) in [6.07, 6.45) is 1.63. The Bertz CT molecular complexity index is 106. The second-order valence-electron chi connectivity index (χ2n) is 2.04. The van der Waals surface area contributed by atoms with Gasteiger partial charge >= 0.3 is 0 Å². The average molecular weight is 95.1 g/mol. The van der Waals surface area contributed by atoms with E-state index in [1.54, 1.807) is 6.08 Å². The van der Waals surface area contributed by atoms with Gasteiger partial charge in [0, 0.05) is 0 Å². The maximum atomic E-state index is 8.27. The lowest BCUT2D eigenvalue weighted by Gasteiger charge is -2.04. The van der Waals surface area contributed by atoms with Crippen LogP contribution in [0.2, 0.25) is 0 Å². The van der Waals surface area contributed by atoms with Gasteiger partial charge in [0.1, 0.15) is 0 Å². The zero-order valence-corrected chi connectivity index (χ0v) is 4.73. The molecule has 0 aromatic carbocycles. The Balaban J connectivity index is 3.91. The number of rotatable bonds is 1. The average Bonchev–Trinajstić information content (AvgIpc) is 1.68. The van der Waals surface area contributed by atoms with Crippen molar-refractivity contribution in [3.63, 3.8) is 0 Å². The number of hydrogen-bond donors (Lipinski definition) is 0. The fourth-order valence-corrected chi connectivity index (χ4v) is 0.0456. The van der Waals surface area contributed by atoms with Gasteiger partial charge in [-0.25, -0.2) is 0 Å². The third kappa shape index (κ3) is 1.99. The van der Waals surface area contributed by atoms with Crippen molar-refractivity contribution < 1.29 is 0 Å². The van der Waals surface area contributed by atoms with E-state index in [1.807, 2.05) is 13.8 Å². The summed E-state index contributed by atoms with van der Waals surface area (Å²) in [5.74, 6) is 0. The van der Waals surface area contributed by atoms with Gasteiger partial charge in [-0.1, -0.05) is 6.08 Å². The van der Waals surface area contributed by atoms with Crippen LogP contribution in [0.15, 0.2) is 12.7 Å². The van der Waals surface area contributed by atoms with Crippen molar-refractivity contribution in [1.82, 2.24) is 0 Å². The minimum atomic E-state index is -0.347. The maximum Gasteiger partial charge on any atom is 0.0725 e. The van der Waals surface area contributed by atoms with Crippen LogP contribution in [0.1, 0.15) is 13.8 Å². The molecule has 7 heavy (non-hydrogen) atoms. The predicted octanol–water partition coefficient (Wildman–Crippen LogP) is 1.72. The molecule has 0 aromatic rings. The van der Waals surface area contributed by atoms with Crippen molar-refractivity contribution in [2.75, 3.05) is 0 Å². The molecule has 0 fully saturated rings. The summed E-state index contributed by atoms with van der Waals surface area (Å²) in [6.45, 7) is 7.12. The summed E-state index contributed by atoms with van der Waals surface area (Å²) in [4.78, 5) is 0. The van der Waals surface area contributed by atoms with Gasteiger partial charge in [-0.15, -0.1) is 6.58 Å². The normalized spacial score (nSPS) is 9.86. The van der Waals surface area contributed by atoms with Crippen LogP contribution in [0.25, 0.3) is 0 Å². The summed E-state index contributed by atoms with van der Waals surface area (Å²) >= 11 is 0. The van der Waals surface area contributed by atoms with Gasteiger partial charge < -0.3 is 0 Å². The van der Waals surface area contributed by atoms with Gasteiger partial charge in [-0.2, -0.15) is 5.26 Å². The molecule has 1 heteroatoms. The van der Waals surface area contributed by atoms with Gasteiger partial charge in [0.15, 0.2) is 0 Å². The number of hydrogen-bond acceptors (Lipinski definition) is 1. The van der Waals surface area contributed by atoms with E-state index >= 15 is 0 Å². The summed E-state index contributed by atoms with van der Waals surface area (Å²) < 4.78 is 0. The van der Waals surface area contributed by atoms with Crippen molar-refractivity contribution in [2.24, 2.45) is 5.41 Å². The Morgan fingerprint density at radius 3 is 2.14 bits per heavy atom. The lowest BCUT2D eigenvalue weighted by molar-refractivity contribution is 0.646. The monoisotopic (exact) mass is 95.1 g/mol. The topological polar surface area (TPSA) is 23.8 Å².